The lowest BCUT2D eigenvalue weighted by molar-refractivity contribution is -0.116. The standard InChI is InChI=1S/C15H17N3O/c1-11-8-16-18(9-11)10-15(19)17-14-6-4-13(5-7-14)12-2-3-12/h4-9,12H,2-3,10H2,1H3,(H,17,19). The Bertz CT molecular complexity index is 582. The smallest absolute Gasteiger partial charge is 0.246 e. The summed E-state index contributed by atoms with van der Waals surface area (Å²) in [4.78, 5) is 11.9. The molecule has 1 aliphatic carbocycles. The highest BCUT2D eigenvalue weighted by Gasteiger charge is 2.22. The topological polar surface area (TPSA) is 46.9 Å². The monoisotopic (exact) mass is 255 g/mol. The van der Waals surface area contributed by atoms with Crippen LogP contribution in [0.25, 0.3) is 0 Å². The van der Waals surface area contributed by atoms with Crippen molar-refractivity contribution in [3.8, 4) is 0 Å². The number of rotatable bonds is 4. The minimum absolute atomic E-state index is 0.0535. The highest BCUT2D eigenvalue weighted by Crippen LogP contribution is 2.40. The Labute approximate surface area is 112 Å². The van der Waals surface area contributed by atoms with Gasteiger partial charge in [0.2, 0.25) is 5.91 Å². The van der Waals surface area contributed by atoms with Gasteiger partial charge < -0.3 is 5.32 Å². The lowest BCUT2D eigenvalue weighted by atomic mass is 10.1. The first-order valence-electron chi connectivity index (χ1n) is 6.59. The molecule has 1 saturated carbocycles. The summed E-state index contributed by atoms with van der Waals surface area (Å²) >= 11 is 0. The molecule has 0 radical (unpaired) electrons. The van der Waals surface area contributed by atoms with Crippen molar-refractivity contribution in [3.63, 3.8) is 0 Å². The van der Waals surface area contributed by atoms with Gasteiger partial charge in [-0.15, -0.1) is 0 Å². The lowest BCUT2D eigenvalue weighted by Crippen LogP contribution is -2.18. The summed E-state index contributed by atoms with van der Waals surface area (Å²) in [5.74, 6) is 0.694. The first kappa shape index (κ1) is 12.0. The second kappa shape index (κ2) is 4.88. The van der Waals surface area contributed by atoms with Gasteiger partial charge in [0, 0.05) is 11.9 Å². The molecule has 4 nitrogen and oxygen atoms in total. The molecule has 2 aromatic rings. The van der Waals surface area contributed by atoms with Crippen LogP contribution in [0, 0.1) is 6.92 Å². The van der Waals surface area contributed by atoms with Gasteiger partial charge in [0.25, 0.3) is 0 Å². The molecule has 1 amide bonds. The van der Waals surface area contributed by atoms with E-state index in [1.54, 1.807) is 10.9 Å². The fourth-order valence-corrected chi connectivity index (χ4v) is 2.16. The van der Waals surface area contributed by atoms with Crippen LogP contribution in [0.2, 0.25) is 0 Å². The van der Waals surface area contributed by atoms with Gasteiger partial charge in [-0.2, -0.15) is 5.10 Å². The molecule has 1 aromatic carbocycles. The molecule has 1 N–H and O–H groups in total. The van der Waals surface area contributed by atoms with E-state index in [1.807, 2.05) is 25.3 Å². The van der Waals surface area contributed by atoms with Crippen molar-refractivity contribution in [1.29, 1.82) is 0 Å². The Kier molecular flexibility index (Phi) is 3.07. The molecule has 1 aromatic heterocycles. The van der Waals surface area contributed by atoms with Gasteiger partial charge in [0.1, 0.15) is 6.54 Å². The van der Waals surface area contributed by atoms with Crippen LogP contribution in [0.15, 0.2) is 36.7 Å². The maximum Gasteiger partial charge on any atom is 0.246 e. The fourth-order valence-electron chi connectivity index (χ4n) is 2.16. The molecule has 1 fully saturated rings. The van der Waals surface area contributed by atoms with Crippen LogP contribution in [0.3, 0.4) is 0 Å². The number of aromatic nitrogens is 2. The Balaban J connectivity index is 1.59. The highest BCUT2D eigenvalue weighted by molar-refractivity contribution is 5.90. The number of carbonyl (C=O) groups excluding carboxylic acids is 1. The van der Waals surface area contributed by atoms with Gasteiger partial charge in [0.15, 0.2) is 0 Å². The Morgan fingerprint density at radius 3 is 2.68 bits per heavy atom. The van der Waals surface area contributed by atoms with E-state index in [0.29, 0.717) is 0 Å². The van der Waals surface area contributed by atoms with Gasteiger partial charge >= 0.3 is 0 Å². The number of amides is 1. The number of anilines is 1. The van der Waals surface area contributed by atoms with Gasteiger partial charge in [-0.25, -0.2) is 0 Å². The van der Waals surface area contributed by atoms with Crippen molar-refractivity contribution in [2.75, 3.05) is 5.32 Å². The third-order valence-electron chi connectivity index (χ3n) is 3.31. The van der Waals surface area contributed by atoms with E-state index in [9.17, 15) is 4.79 Å². The molecule has 0 spiro atoms. The van der Waals surface area contributed by atoms with Crippen molar-refractivity contribution < 1.29 is 4.79 Å². The number of aryl methyl sites for hydroxylation is 1. The second-order valence-corrected chi connectivity index (χ2v) is 5.16. The molecular weight excluding hydrogens is 238 g/mol. The van der Waals surface area contributed by atoms with Gasteiger partial charge in [-0.05, 0) is 48.9 Å². The molecule has 4 heteroatoms. The van der Waals surface area contributed by atoms with E-state index < -0.39 is 0 Å². The SMILES string of the molecule is Cc1cnn(CC(=O)Nc2ccc(C3CC3)cc2)c1. The van der Waals surface area contributed by atoms with E-state index in [0.717, 1.165) is 17.2 Å². The molecule has 0 unspecified atom stereocenters. The van der Waals surface area contributed by atoms with Gasteiger partial charge in [-0.1, -0.05) is 12.1 Å². The largest absolute Gasteiger partial charge is 0.324 e. The summed E-state index contributed by atoms with van der Waals surface area (Å²) in [6, 6.07) is 8.15. The zero-order valence-electron chi connectivity index (χ0n) is 11.0. The van der Waals surface area contributed by atoms with Crippen LogP contribution in [0.1, 0.15) is 29.9 Å². The third kappa shape index (κ3) is 3.02. The predicted molar refractivity (Wildman–Crippen MR) is 74.0 cm³/mol. The summed E-state index contributed by atoms with van der Waals surface area (Å²) in [7, 11) is 0. The molecule has 19 heavy (non-hydrogen) atoms. The normalized spacial score (nSPS) is 14.4. The second-order valence-electron chi connectivity index (χ2n) is 5.16. The van der Waals surface area contributed by atoms with E-state index in [2.05, 4.69) is 22.5 Å². The Hall–Kier alpha value is -2.10. The molecular formula is C15H17N3O. The molecule has 0 aliphatic heterocycles. The summed E-state index contributed by atoms with van der Waals surface area (Å²) in [6.07, 6.45) is 6.20. The van der Waals surface area contributed by atoms with Crippen LogP contribution in [0.4, 0.5) is 5.69 Å². The van der Waals surface area contributed by atoms with Crippen molar-refractivity contribution in [1.82, 2.24) is 9.78 Å². The first-order chi connectivity index (χ1) is 9.20. The maximum absolute atomic E-state index is 11.9. The zero-order valence-corrected chi connectivity index (χ0v) is 11.0. The van der Waals surface area contributed by atoms with E-state index in [4.69, 9.17) is 0 Å². The van der Waals surface area contributed by atoms with E-state index in [-0.39, 0.29) is 12.5 Å². The summed E-state index contributed by atoms with van der Waals surface area (Å²) < 4.78 is 1.64. The van der Waals surface area contributed by atoms with Crippen LogP contribution >= 0.6 is 0 Å². The number of hydrogen-bond donors (Lipinski definition) is 1. The van der Waals surface area contributed by atoms with Crippen molar-refractivity contribution >= 4 is 11.6 Å². The van der Waals surface area contributed by atoms with Crippen LogP contribution in [-0.2, 0) is 11.3 Å². The zero-order chi connectivity index (χ0) is 13.2. The van der Waals surface area contributed by atoms with E-state index >= 15 is 0 Å². The summed E-state index contributed by atoms with van der Waals surface area (Å²) in [6.45, 7) is 2.20. The summed E-state index contributed by atoms with van der Waals surface area (Å²) in [5, 5.41) is 6.99. The fraction of sp³-hybridized carbons (Fsp3) is 0.333. The van der Waals surface area contributed by atoms with Crippen LogP contribution < -0.4 is 5.32 Å². The average molecular weight is 255 g/mol. The quantitative estimate of drug-likeness (QED) is 0.913. The molecule has 0 bridgehead atoms. The van der Waals surface area contributed by atoms with E-state index in [1.165, 1.54) is 18.4 Å². The lowest BCUT2D eigenvalue weighted by Gasteiger charge is -2.06. The molecule has 1 aliphatic rings. The molecule has 3 rings (SSSR count). The number of nitrogens with one attached hydrogen (secondary N) is 1. The Morgan fingerprint density at radius 2 is 2.11 bits per heavy atom. The minimum Gasteiger partial charge on any atom is -0.324 e. The number of nitrogens with zero attached hydrogens (tertiary/aromatic N) is 2. The van der Waals surface area contributed by atoms with Gasteiger partial charge in [-0.3, -0.25) is 9.48 Å². The first-order valence-corrected chi connectivity index (χ1v) is 6.59. The molecule has 1 heterocycles. The number of hydrogen-bond acceptors (Lipinski definition) is 2. The van der Waals surface area contributed by atoms with Crippen LogP contribution in [-0.4, -0.2) is 15.7 Å². The molecule has 0 atom stereocenters. The Morgan fingerprint density at radius 1 is 1.37 bits per heavy atom. The minimum atomic E-state index is -0.0535. The molecule has 0 saturated heterocycles. The predicted octanol–water partition coefficient (Wildman–Crippen LogP) is 2.71. The van der Waals surface area contributed by atoms with Crippen molar-refractivity contribution in [2.24, 2.45) is 0 Å². The van der Waals surface area contributed by atoms with Gasteiger partial charge in [0.05, 0.1) is 6.20 Å². The number of benzene rings is 1. The van der Waals surface area contributed by atoms with Crippen LogP contribution in [0.5, 0.6) is 0 Å². The highest BCUT2D eigenvalue weighted by atomic mass is 16.2. The molecule has 98 valence electrons. The number of carbonyl (C=O) groups is 1. The van der Waals surface area contributed by atoms with Crippen molar-refractivity contribution in [2.45, 2.75) is 32.2 Å². The van der Waals surface area contributed by atoms with Crippen molar-refractivity contribution in [3.05, 3.63) is 47.8 Å². The summed E-state index contributed by atoms with van der Waals surface area (Å²) in [5.41, 5.74) is 3.28. The maximum atomic E-state index is 11.9. The average Bonchev–Trinajstić information content (AvgIpc) is 3.15. The third-order valence-corrected chi connectivity index (χ3v) is 3.31.